The zero-order chi connectivity index (χ0) is 9.56. The lowest BCUT2D eigenvalue weighted by Crippen LogP contribution is -2.30. The SMILES string of the molecule is CCOC(=O)[C@@H](C)CNC(C)=O. The number of hydrogen-bond donors (Lipinski definition) is 1. The van der Waals surface area contributed by atoms with Gasteiger partial charge in [0.2, 0.25) is 5.91 Å². The minimum absolute atomic E-state index is 0.133. The quantitative estimate of drug-likeness (QED) is 0.623. The molecule has 4 heteroatoms. The molecule has 0 unspecified atom stereocenters. The third-order valence-electron chi connectivity index (χ3n) is 1.35. The Balaban J connectivity index is 3.63. The van der Waals surface area contributed by atoms with Crippen LogP contribution in [0, 0.1) is 5.92 Å². The molecular weight excluding hydrogens is 158 g/mol. The smallest absolute Gasteiger partial charge is 0.310 e. The molecule has 0 saturated carbocycles. The molecule has 0 heterocycles. The molecule has 0 aromatic rings. The largest absolute Gasteiger partial charge is 0.466 e. The molecule has 0 aliphatic heterocycles. The Morgan fingerprint density at radius 2 is 2.08 bits per heavy atom. The van der Waals surface area contributed by atoms with Crippen molar-refractivity contribution in [1.82, 2.24) is 5.32 Å². The lowest BCUT2D eigenvalue weighted by Gasteiger charge is -2.09. The molecule has 0 fully saturated rings. The molecule has 0 aliphatic carbocycles. The molecule has 1 N–H and O–H groups in total. The van der Waals surface area contributed by atoms with Gasteiger partial charge in [-0.25, -0.2) is 0 Å². The minimum Gasteiger partial charge on any atom is -0.466 e. The van der Waals surface area contributed by atoms with Crippen LogP contribution in [0.5, 0.6) is 0 Å². The fourth-order valence-electron chi connectivity index (χ4n) is 0.665. The van der Waals surface area contributed by atoms with Crippen LogP contribution < -0.4 is 5.32 Å². The molecule has 0 aliphatic rings. The van der Waals surface area contributed by atoms with Crippen LogP contribution in [0.3, 0.4) is 0 Å². The summed E-state index contributed by atoms with van der Waals surface area (Å²) in [5.74, 6) is -0.675. The van der Waals surface area contributed by atoms with E-state index in [1.54, 1.807) is 13.8 Å². The van der Waals surface area contributed by atoms with Crippen molar-refractivity contribution in [3.63, 3.8) is 0 Å². The van der Waals surface area contributed by atoms with Crippen molar-refractivity contribution in [1.29, 1.82) is 0 Å². The third kappa shape index (κ3) is 4.71. The van der Waals surface area contributed by atoms with Gasteiger partial charge in [0.25, 0.3) is 0 Å². The number of nitrogens with one attached hydrogen (secondary N) is 1. The first-order valence-corrected chi connectivity index (χ1v) is 3.99. The number of carbonyl (C=O) groups excluding carboxylic acids is 2. The summed E-state index contributed by atoms with van der Waals surface area (Å²) in [6, 6.07) is 0. The van der Waals surface area contributed by atoms with Crippen LogP contribution in [0.1, 0.15) is 20.8 Å². The van der Waals surface area contributed by atoms with E-state index in [2.05, 4.69) is 5.32 Å². The maximum atomic E-state index is 11.0. The molecule has 0 bridgehead atoms. The lowest BCUT2D eigenvalue weighted by molar-refractivity contribution is -0.147. The van der Waals surface area contributed by atoms with Crippen molar-refractivity contribution >= 4 is 11.9 Å². The second-order valence-corrected chi connectivity index (χ2v) is 2.59. The van der Waals surface area contributed by atoms with E-state index in [1.807, 2.05) is 0 Å². The summed E-state index contributed by atoms with van der Waals surface area (Å²) in [5.41, 5.74) is 0. The fraction of sp³-hybridized carbons (Fsp3) is 0.750. The first-order chi connectivity index (χ1) is 5.57. The topological polar surface area (TPSA) is 55.4 Å². The molecule has 0 radical (unpaired) electrons. The molecule has 1 atom stereocenters. The number of esters is 1. The van der Waals surface area contributed by atoms with Crippen LogP contribution in [0.15, 0.2) is 0 Å². The monoisotopic (exact) mass is 173 g/mol. The summed E-state index contributed by atoms with van der Waals surface area (Å²) in [4.78, 5) is 21.4. The van der Waals surface area contributed by atoms with Crippen LogP contribution in [0.25, 0.3) is 0 Å². The standard InChI is InChI=1S/C8H15NO3/c1-4-12-8(11)6(2)5-9-7(3)10/h6H,4-5H2,1-3H3,(H,9,10)/t6-/m0/s1. The Bertz CT molecular complexity index is 168. The second-order valence-electron chi connectivity index (χ2n) is 2.59. The Hall–Kier alpha value is -1.06. The Morgan fingerprint density at radius 1 is 1.50 bits per heavy atom. The van der Waals surface area contributed by atoms with Crippen molar-refractivity contribution < 1.29 is 14.3 Å². The van der Waals surface area contributed by atoms with Gasteiger partial charge in [0.05, 0.1) is 12.5 Å². The van der Waals surface area contributed by atoms with Crippen LogP contribution in [-0.4, -0.2) is 25.0 Å². The van der Waals surface area contributed by atoms with Gasteiger partial charge in [-0.3, -0.25) is 9.59 Å². The summed E-state index contributed by atoms with van der Waals surface area (Å²) in [6.07, 6.45) is 0. The molecule has 0 spiro atoms. The molecule has 12 heavy (non-hydrogen) atoms. The van der Waals surface area contributed by atoms with Gasteiger partial charge in [0.1, 0.15) is 0 Å². The number of amides is 1. The number of hydrogen-bond acceptors (Lipinski definition) is 3. The fourth-order valence-corrected chi connectivity index (χ4v) is 0.665. The van der Waals surface area contributed by atoms with E-state index < -0.39 is 0 Å². The molecule has 0 aromatic heterocycles. The summed E-state index contributed by atoms with van der Waals surface area (Å²) < 4.78 is 4.75. The molecule has 0 rings (SSSR count). The Morgan fingerprint density at radius 3 is 2.50 bits per heavy atom. The molecule has 70 valence electrons. The van der Waals surface area contributed by atoms with Crippen molar-refractivity contribution in [3.8, 4) is 0 Å². The van der Waals surface area contributed by atoms with Gasteiger partial charge in [0.15, 0.2) is 0 Å². The van der Waals surface area contributed by atoms with E-state index >= 15 is 0 Å². The van der Waals surface area contributed by atoms with E-state index in [4.69, 9.17) is 4.74 Å². The molecule has 1 amide bonds. The van der Waals surface area contributed by atoms with Gasteiger partial charge in [-0.05, 0) is 6.92 Å². The average Bonchev–Trinajstić information content (AvgIpc) is 2.00. The number of carbonyl (C=O) groups is 2. The summed E-state index contributed by atoms with van der Waals surface area (Å²) in [5, 5.41) is 2.54. The Labute approximate surface area is 72.3 Å². The number of ether oxygens (including phenoxy) is 1. The van der Waals surface area contributed by atoms with E-state index in [-0.39, 0.29) is 17.8 Å². The average molecular weight is 173 g/mol. The first kappa shape index (κ1) is 10.9. The highest BCUT2D eigenvalue weighted by Crippen LogP contribution is 1.95. The van der Waals surface area contributed by atoms with Crippen LogP contribution in [-0.2, 0) is 14.3 Å². The van der Waals surface area contributed by atoms with Gasteiger partial charge in [0, 0.05) is 13.5 Å². The van der Waals surface area contributed by atoms with Gasteiger partial charge in [-0.15, -0.1) is 0 Å². The summed E-state index contributed by atoms with van der Waals surface area (Å²) >= 11 is 0. The predicted molar refractivity (Wildman–Crippen MR) is 44.5 cm³/mol. The van der Waals surface area contributed by atoms with E-state index in [0.717, 1.165) is 0 Å². The van der Waals surface area contributed by atoms with Crippen molar-refractivity contribution in [2.45, 2.75) is 20.8 Å². The van der Waals surface area contributed by atoms with Crippen molar-refractivity contribution in [3.05, 3.63) is 0 Å². The van der Waals surface area contributed by atoms with E-state index in [9.17, 15) is 9.59 Å². The van der Waals surface area contributed by atoms with Crippen LogP contribution in [0.4, 0.5) is 0 Å². The first-order valence-electron chi connectivity index (χ1n) is 3.99. The van der Waals surface area contributed by atoms with Crippen molar-refractivity contribution in [2.24, 2.45) is 5.92 Å². The minimum atomic E-state index is -0.272. The summed E-state index contributed by atoms with van der Waals surface area (Å²) in [6.45, 7) is 5.60. The lowest BCUT2D eigenvalue weighted by atomic mass is 10.2. The third-order valence-corrected chi connectivity index (χ3v) is 1.35. The highest BCUT2D eigenvalue weighted by atomic mass is 16.5. The summed E-state index contributed by atoms with van der Waals surface area (Å²) in [7, 11) is 0. The van der Waals surface area contributed by atoms with Crippen LogP contribution in [0.2, 0.25) is 0 Å². The van der Waals surface area contributed by atoms with Crippen LogP contribution >= 0.6 is 0 Å². The maximum absolute atomic E-state index is 11.0. The van der Waals surface area contributed by atoms with E-state index in [0.29, 0.717) is 13.2 Å². The predicted octanol–water partition coefficient (Wildman–Crippen LogP) is 0.322. The number of rotatable bonds is 4. The Kier molecular flexibility index (Phi) is 5.08. The zero-order valence-electron chi connectivity index (χ0n) is 7.72. The second kappa shape index (κ2) is 5.57. The van der Waals surface area contributed by atoms with Gasteiger partial charge in [-0.1, -0.05) is 6.92 Å². The van der Waals surface area contributed by atoms with Gasteiger partial charge < -0.3 is 10.1 Å². The maximum Gasteiger partial charge on any atom is 0.310 e. The normalized spacial score (nSPS) is 11.9. The van der Waals surface area contributed by atoms with Gasteiger partial charge >= 0.3 is 5.97 Å². The molecule has 0 saturated heterocycles. The highest BCUT2D eigenvalue weighted by Gasteiger charge is 2.13. The van der Waals surface area contributed by atoms with E-state index in [1.165, 1.54) is 6.92 Å². The molecular formula is C8H15NO3. The molecule has 0 aromatic carbocycles. The molecule has 4 nitrogen and oxygen atoms in total. The van der Waals surface area contributed by atoms with Crippen molar-refractivity contribution in [2.75, 3.05) is 13.2 Å². The highest BCUT2D eigenvalue weighted by molar-refractivity contribution is 5.75. The van der Waals surface area contributed by atoms with Gasteiger partial charge in [-0.2, -0.15) is 0 Å². The zero-order valence-corrected chi connectivity index (χ0v) is 7.72.